The molecule has 2 atom stereocenters. The Bertz CT molecular complexity index is 792. The Balaban J connectivity index is 1.65. The van der Waals surface area contributed by atoms with Crippen molar-refractivity contribution in [3.63, 3.8) is 0 Å². The molecular weight excluding hydrogens is 362 g/mol. The quantitative estimate of drug-likeness (QED) is 0.593. The molecule has 0 amide bonds. The molecular formula is C21H27NO6. The highest BCUT2D eigenvalue weighted by Gasteiger charge is 2.42. The van der Waals surface area contributed by atoms with Crippen LogP contribution in [0.15, 0.2) is 0 Å². The van der Waals surface area contributed by atoms with Crippen LogP contribution in [0.2, 0.25) is 0 Å². The zero-order chi connectivity index (χ0) is 20.4. The van der Waals surface area contributed by atoms with Gasteiger partial charge in [-0.2, -0.15) is 0 Å². The van der Waals surface area contributed by atoms with Crippen molar-refractivity contribution in [1.29, 1.82) is 0 Å². The molecule has 2 unspecified atom stereocenters. The van der Waals surface area contributed by atoms with Crippen molar-refractivity contribution in [3.8, 4) is 0 Å². The van der Waals surface area contributed by atoms with Crippen molar-refractivity contribution in [2.75, 3.05) is 13.2 Å². The van der Waals surface area contributed by atoms with Crippen molar-refractivity contribution in [3.05, 3.63) is 22.5 Å². The third-order valence-corrected chi connectivity index (χ3v) is 5.86. The van der Waals surface area contributed by atoms with Gasteiger partial charge in [-0.25, -0.2) is 4.79 Å². The summed E-state index contributed by atoms with van der Waals surface area (Å²) in [6.45, 7) is 4.86. The molecule has 3 rings (SSSR count). The average Bonchev–Trinajstić information content (AvgIpc) is 2.93. The summed E-state index contributed by atoms with van der Waals surface area (Å²) in [6, 6.07) is 0. The van der Waals surface area contributed by atoms with E-state index in [0.29, 0.717) is 24.2 Å². The summed E-state index contributed by atoms with van der Waals surface area (Å²) in [4.78, 5) is 52.5. The molecule has 152 valence electrons. The zero-order valence-corrected chi connectivity index (χ0v) is 16.6. The molecule has 1 N–H and O–H groups in total. The Hall–Kier alpha value is -2.44. The molecule has 1 heterocycles. The number of H-pyrrole nitrogens is 1. The number of rotatable bonds is 6. The van der Waals surface area contributed by atoms with Crippen LogP contribution < -0.4 is 0 Å². The van der Waals surface area contributed by atoms with E-state index in [1.54, 1.807) is 20.8 Å². The largest absolute Gasteiger partial charge is 0.462 e. The molecule has 1 aromatic heterocycles. The lowest BCUT2D eigenvalue weighted by atomic mass is 9.67. The molecule has 7 heteroatoms. The van der Waals surface area contributed by atoms with Crippen LogP contribution in [0.4, 0.5) is 0 Å². The van der Waals surface area contributed by atoms with Gasteiger partial charge in [0, 0.05) is 23.2 Å². The van der Waals surface area contributed by atoms with E-state index in [4.69, 9.17) is 9.47 Å². The van der Waals surface area contributed by atoms with Gasteiger partial charge < -0.3 is 14.5 Å². The van der Waals surface area contributed by atoms with Crippen LogP contribution in [0.3, 0.4) is 0 Å². The Morgan fingerprint density at radius 3 is 2.21 bits per heavy atom. The van der Waals surface area contributed by atoms with E-state index in [1.165, 1.54) is 0 Å². The number of aromatic amines is 1. The number of nitrogens with one attached hydrogen (secondary N) is 1. The van der Waals surface area contributed by atoms with Crippen molar-refractivity contribution >= 4 is 23.5 Å². The highest BCUT2D eigenvalue weighted by Crippen LogP contribution is 2.40. The van der Waals surface area contributed by atoms with Crippen molar-refractivity contribution in [2.45, 2.75) is 52.9 Å². The molecule has 2 saturated carbocycles. The number of fused-ring (bicyclic) bond motifs is 2. The number of esters is 2. The molecule has 28 heavy (non-hydrogen) atoms. The minimum atomic E-state index is -0.572. The van der Waals surface area contributed by atoms with E-state index < -0.39 is 24.3 Å². The van der Waals surface area contributed by atoms with E-state index in [0.717, 1.165) is 19.3 Å². The van der Waals surface area contributed by atoms with Gasteiger partial charge in [0.1, 0.15) is 5.78 Å². The summed E-state index contributed by atoms with van der Waals surface area (Å²) < 4.78 is 10.3. The van der Waals surface area contributed by atoms with Crippen molar-refractivity contribution in [1.82, 2.24) is 4.98 Å². The van der Waals surface area contributed by atoms with Gasteiger partial charge in [-0.1, -0.05) is 6.42 Å². The molecule has 7 nitrogen and oxygen atoms in total. The van der Waals surface area contributed by atoms with Crippen LogP contribution in [0.5, 0.6) is 0 Å². The number of hydrogen-bond acceptors (Lipinski definition) is 6. The highest BCUT2D eigenvalue weighted by atomic mass is 16.5. The van der Waals surface area contributed by atoms with Gasteiger partial charge in [-0.15, -0.1) is 0 Å². The lowest BCUT2D eigenvalue weighted by molar-refractivity contribution is -0.152. The zero-order valence-electron chi connectivity index (χ0n) is 16.6. The fourth-order valence-electron chi connectivity index (χ4n) is 4.59. The number of carbonyl (C=O) groups excluding carboxylic acids is 4. The summed E-state index contributed by atoms with van der Waals surface area (Å²) in [6.07, 6.45) is 3.73. The van der Waals surface area contributed by atoms with Gasteiger partial charge in [-0.05, 0) is 46.5 Å². The lowest BCUT2D eigenvalue weighted by Crippen LogP contribution is -2.39. The first-order chi connectivity index (χ1) is 13.3. The van der Waals surface area contributed by atoms with Crippen LogP contribution >= 0.6 is 0 Å². The fourth-order valence-corrected chi connectivity index (χ4v) is 4.59. The number of ether oxygens (including phenoxy) is 2. The smallest absolute Gasteiger partial charge is 0.340 e. The third-order valence-electron chi connectivity index (χ3n) is 5.86. The summed E-state index contributed by atoms with van der Waals surface area (Å²) in [7, 11) is 0. The molecule has 2 aliphatic carbocycles. The lowest BCUT2D eigenvalue weighted by Gasteiger charge is -2.36. The Kier molecular flexibility index (Phi) is 6.01. The van der Waals surface area contributed by atoms with E-state index >= 15 is 0 Å². The van der Waals surface area contributed by atoms with Gasteiger partial charge in [0.25, 0.3) is 0 Å². The van der Waals surface area contributed by atoms with Gasteiger partial charge >= 0.3 is 11.9 Å². The number of aromatic nitrogens is 1. The maximum Gasteiger partial charge on any atom is 0.340 e. The van der Waals surface area contributed by atoms with Crippen LogP contribution in [0.25, 0.3) is 0 Å². The molecule has 2 bridgehead atoms. The molecule has 1 aromatic rings. The number of ketones is 2. The normalized spacial score (nSPS) is 24.0. The minimum Gasteiger partial charge on any atom is -0.462 e. The van der Waals surface area contributed by atoms with E-state index in [9.17, 15) is 19.2 Å². The van der Waals surface area contributed by atoms with Gasteiger partial charge in [-0.3, -0.25) is 14.4 Å². The van der Waals surface area contributed by atoms with Crippen molar-refractivity contribution in [2.24, 2.45) is 17.8 Å². The topological polar surface area (TPSA) is 103 Å². The predicted molar refractivity (Wildman–Crippen MR) is 100 cm³/mol. The van der Waals surface area contributed by atoms with E-state index in [1.807, 2.05) is 0 Å². The van der Waals surface area contributed by atoms with Crippen LogP contribution in [0, 0.1) is 31.6 Å². The Morgan fingerprint density at radius 2 is 1.61 bits per heavy atom. The van der Waals surface area contributed by atoms with Crippen LogP contribution in [-0.4, -0.2) is 41.7 Å². The molecule has 2 aliphatic rings. The molecule has 0 radical (unpaired) electrons. The van der Waals surface area contributed by atoms with Gasteiger partial charge in [0.15, 0.2) is 6.61 Å². The first-order valence-electron chi connectivity index (χ1n) is 9.93. The highest BCUT2D eigenvalue weighted by molar-refractivity contribution is 6.09. The monoisotopic (exact) mass is 389 g/mol. The van der Waals surface area contributed by atoms with Crippen LogP contribution in [-0.2, 0) is 19.1 Å². The van der Waals surface area contributed by atoms with Gasteiger partial charge in [0.2, 0.25) is 5.78 Å². The molecule has 2 fully saturated rings. The summed E-state index contributed by atoms with van der Waals surface area (Å²) in [5, 5.41) is 0. The predicted octanol–water partition coefficient (Wildman–Crippen LogP) is 2.93. The number of carbonyl (C=O) groups is 4. The Labute approximate surface area is 164 Å². The second-order valence-corrected chi connectivity index (χ2v) is 7.77. The second-order valence-electron chi connectivity index (χ2n) is 7.77. The summed E-state index contributed by atoms with van der Waals surface area (Å²) in [5.74, 6) is -1.59. The fraction of sp³-hybridized carbons (Fsp3) is 0.619. The number of Topliss-reactive ketones (excluding diaryl/α,β-unsaturated/α-hetero) is 2. The minimum absolute atomic E-state index is 0.0502. The van der Waals surface area contributed by atoms with E-state index in [-0.39, 0.29) is 41.3 Å². The first kappa shape index (κ1) is 20.3. The van der Waals surface area contributed by atoms with E-state index in [2.05, 4.69) is 4.98 Å². The second kappa shape index (κ2) is 8.29. The SMILES string of the molecule is CCOC(=O)c1c(C)[nH]c(C)c1C(=O)COC(=O)C1CC2CCCC(C1)C2=O. The number of aryl methyl sites for hydroxylation is 2. The summed E-state index contributed by atoms with van der Waals surface area (Å²) >= 11 is 0. The standard InChI is InChI=1S/C21H27NO6/c1-4-27-21(26)18-12(3)22-11(2)17(18)16(23)10-28-20(25)15-8-13-6-5-7-14(9-15)19(13)24/h13-15,22H,4-10H2,1-3H3. The molecule has 0 spiro atoms. The molecule has 0 aliphatic heterocycles. The van der Waals surface area contributed by atoms with Crippen LogP contribution in [0.1, 0.15) is 71.1 Å². The maximum atomic E-state index is 12.7. The first-order valence-corrected chi connectivity index (χ1v) is 9.93. The average molecular weight is 389 g/mol. The molecule has 0 aromatic carbocycles. The van der Waals surface area contributed by atoms with Crippen molar-refractivity contribution < 1.29 is 28.7 Å². The third kappa shape index (κ3) is 3.88. The van der Waals surface area contributed by atoms with Gasteiger partial charge in [0.05, 0.1) is 23.7 Å². The Morgan fingerprint density at radius 1 is 1.00 bits per heavy atom. The summed E-state index contributed by atoms with van der Waals surface area (Å²) in [5.41, 5.74) is 1.49. The maximum absolute atomic E-state index is 12.7. The number of hydrogen-bond donors (Lipinski definition) is 1. The molecule has 0 saturated heterocycles.